The van der Waals surface area contributed by atoms with Crippen LogP contribution in [0.3, 0.4) is 0 Å². The van der Waals surface area contributed by atoms with E-state index in [4.69, 9.17) is 0 Å². The Kier molecular flexibility index (Phi) is 1.19. The average molecular weight is 186 g/mol. The van der Waals surface area contributed by atoms with Gasteiger partial charge in [0.15, 0.2) is 0 Å². The standard InChI is InChI=1S/C10H12F2O/c11-10(12)4-6(10)3-8(13)7-5-9(7)1-2-9/h6-7H,1-5H2. The van der Waals surface area contributed by atoms with Gasteiger partial charge in [-0.2, -0.15) is 0 Å². The zero-order chi connectivity index (χ0) is 9.27. The van der Waals surface area contributed by atoms with Crippen molar-refractivity contribution >= 4 is 5.78 Å². The molecule has 3 heteroatoms. The summed E-state index contributed by atoms with van der Waals surface area (Å²) in [7, 11) is 0. The Morgan fingerprint density at radius 3 is 2.31 bits per heavy atom. The molecular weight excluding hydrogens is 174 g/mol. The molecule has 3 saturated carbocycles. The van der Waals surface area contributed by atoms with E-state index in [0.29, 0.717) is 5.41 Å². The first-order valence-electron chi connectivity index (χ1n) is 4.94. The van der Waals surface area contributed by atoms with Gasteiger partial charge in [0.05, 0.1) is 0 Å². The molecule has 1 spiro atoms. The monoisotopic (exact) mass is 186 g/mol. The molecule has 3 aliphatic carbocycles. The van der Waals surface area contributed by atoms with Gasteiger partial charge < -0.3 is 0 Å². The van der Waals surface area contributed by atoms with E-state index in [1.165, 1.54) is 0 Å². The van der Waals surface area contributed by atoms with Gasteiger partial charge in [-0.3, -0.25) is 4.79 Å². The Morgan fingerprint density at radius 1 is 1.31 bits per heavy atom. The van der Waals surface area contributed by atoms with Gasteiger partial charge in [0.2, 0.25) is 0 Å². The minimum atomic E-state index is -2.51. The lowest BCUT2D eigenvalue weighted by atomic mass is 10.1. The number of carbonyl (C=O) groups is 1. The van der Waals surface area contributed by atoms with Crippen LogP contribution >= 0.6 is 0 Å². The van der Waals surface area contributed by atoms with Crippen LogP contribution in [-0.2, 0) is 4.79 Å². The van der Waals surface area contributed by atoms with Crippen LogP contribution in [0.15, 0.2) is 0 Å². The van der Waals surface area contributed by atoms with Gasteiger partial charge in [0.1, 0.15) is 5.78 Å². The summed E-state index contributed by atoms with van der Waals surface area (Å²) in [6.45, 7) is 0. The van der Waals surface area contributed by atoms with Gasteiger partial charge in [-0.05, 0) is 24.7 Å². The highest BCUT2D eigenvalue weighted by Crippen LogP contribution is 2.71. The molecule has 2 atom stereocenters. The third kappa shape index (κ3) is 1.12. The second kappa shape index (κ2) is 1.96. The summed E-state index contributed by atoms with van der Waals surface area (Å²) in [4.78, 5) is 11.5. The summed E-state index contributed by atoms with van der Waals surface area (Å²) < 4.78 is 25.0. The van der Waals surface area contributed by atoms with E-state index in [1.807, 2.05) is 0 Å². The Morgan fingerprint density at radius 2 is 1.92 bits per heavy atom. The Hall–Kier alpha value is -0.470. The molecule has 0 amide bonds. The number of halogens is 2. The maximum atomic E-state index is 12.5. The van der Waals surface area contributed by atoms with E-state index in [1.54, 1.807) is 0 Å². The van der Waals surface area contributed by atoms with Crippen LogP contribution in [0.5, 0.6) is 0 Å². The Labute approximate surface area is 75.5 Å². The summed E-state index contributed by atoms with van der Waals surface area (Å²) >= 11 is 0. The molecule has 3 rings (SSSR count). The molecule has 0 heterocycles. The second-order valence-electron chi connectivity index (χ2n) is 4.95. The lowest BCUT2D eigenvalue weighted by molar-refractivity contribution is -0.121. The Bertz CT molecular complexity index is 281. The van der Waals surface area contributed by atoms with Crippen molar-refractivity contribution in [2.45, 2.75) is 38.0 Å². The molecular formula is C10H12F2O. The van der Waals surface area contributed by atoms with E-state index in [9.17, 15) is 13.6 Å². The highest BCUT2D eigenvalue weighted by molar-refractivity contribution is 5.86. The number of alkyl halides is 2. The number of hydrogen-bond donors (Lipinski definition) is 0. The van der Waals surface area contributed by atoms with Crippen LogP contribution in [0.25, 0.3) is 0 Å². The van der Waals surface area contributed by atoms with Crippen molar-refractivity contribution in [2.24, 2.45) is 17.3 Å². The van der Waals surface area contributed by atoms with E-state index in [0.717, 1.165) is 19.3 Å². The van der Waals surface area contributed by atoms with Crippen LogP contribution < -0.4 is 0 Å². The molecule has 72 valence electrons. The third-order valence-corrected chi connectivity index (χ3v) is 3.87. The molecule has 3 aliphatic rings. The number of Topliss-reactive ketones (excluding diaryl/α,β-unsaturated/α-hetero) is 1. The number of rotatable bonds is 3. The molecule has 0 aliphatic heterocycles. The van der Waals surface area contributed by atoms with Crippen LogP contribution in [0.1, 0.15) is 32.1 Å². The minimum absolute atomic E-state index is 0.0571. The molecule has 2 unspecified atom stereocenters. The summed E-state index contributed by atoms with van der Waals surface area (Å²) in [5.74, 6) is -2.85. The maximum Gasteiger partial charge on any atom is 0.252 e. The van der Waals surface area contributed by atoms with Gasteiger partial charge >= 0.3 is 0 Å². The SMILES string of the molecule is O=C(CC1CC1(F)F)C1CC12CC2. The molecule has 0 radical (unpaired) electrons. The predicted molar refractivity (Wildman–Crippen MR) is 42.5 cm³/mol. The van der Waals surface area contributed by atoms with Crippen molar-refractivity contribution in [1.29, 1.82) is 0 Å². The largest absolute Gasteiger partial charge is 0.299 e. The molecule has 0 aromatic heterocycles. The molecule has 0 aromatic rings. The van der Waals surface area contributed by atoms with Gasteiger partial charge in [-0.15, -0.1) is 0 Å². The second-order valence-corrected chi connectivity index (χ2v) is 4.95. The normalized spacial score (nSPS) is 41.7. The molecule has 0 bridgehead atoms. The van der Waals surface area contributed by atoms with Crippen molar-refractivity contribution in [2.75, 3.05) is 0 Å². The molecule has 0 aromatic carbocycles. The zero-order valence-corrected chi connectivity index (χ0v) is 7.35. The van der Waals surface area contributed by atoms with Gasteiger partial charge in [0, 0.05) is 24.7 Å². The highest BCUT2D eigenvalue weighted by atomic mass is 19.3. The van der Waals surface area contributed by atoms with Crippen molar-refractivity contribution in [3.05, 3.63) is 0 Å². The van der Waals surface area contributed by atoms with Crippen molar-refractivity contribution in [1.82, 2.24) is 0 Å². The van der Waals surface area contributed by atoms with E-state index >= 15 is 0 Å². The predicted octanol–water partition coefficient (Wildman–Crippen LogP) is 2.40. The topological polar surface area (TPSA) is 17.1 Å². The fourth-order valence-electron chi connectivity index (χ4n) is 2.39. The van der Waals surface area contributed by atoms with Crippen molar-refractivity contribution < 1.29 is 13.6 Å². The molecule has 0 saturated heterocycles. The summed E-state index contributed by atoms with van der Waals surface area (Å²) in [5.41, 5.74) is 0.335. The first-order chi connectivity index (χ1) is 6.04. The quantitative estimate of drug-likeness (QED) is 0.661. The molecule has 0 N–H and O–H groups in total. The zero-order valence-electron chi connectivity index (χ0n) is 7.35. The number of carbonyl (C=O) groups excluding carboxylic acids is 1. The van der Waals surface area contributed by atoms with Gasteiger partial charge in [-0.25, -0.2) is 8.78 Å². The Balaban J connectivity index is 1.54. The molecule has 13 heavy (non-hydrogen) atoms. The first-order valence-corrected chi connectivity index (χ1v) is 4.94. The fourth-order valence-corrected chi connectivity index (χ4v) is 2.39. The minimum Gasteiger partial charge on any atom is -0.299 e. The summed E-state index contributed by atoms with van der Waals surface area (Å²) in [6.07, 6.45) is 3.39. The highest BCUT2D eigenvalue weighted by Gasteiger charge is 2.67. The summed E-state index contributed by atoms with van der Waals surface area (Å²) in [6, 6.07) is 0. The third-order valence-electron chi connectivity index (χ3n) is 3.87. The first kappa shape index (κ1) is 7.89. The smallest absolute Gasteiger partial charge is 0.252 e. The van der Waals surface area contributed by atoms with Gasteiger partial charge in [0.25, 0.3) is 5.92 Å². The molecule has 1 nitrogen and oxygen atoms in total. The van der Waals surface area contributed by atoms with E-state index in [2.05, 4.69) is 0 Å². The van der Waals surface area contributed by atoms with Crippen molar-refractivity contribution in [3.8, 4) is 0 Å². The fraction of sp³-hybridized carbons (Fsp3) is 0.900. The summed E-state index contributed by atoms with van der Waals surface area (Å²) in [5, 5.41) is 0. The van der Waals surface area contributed by atoms with Crippen LogP contribution in [0.4, 0.5) is 8.78 Å². The van der Waals surface area contributed by atoms with E-state index in [-0.39, 0.29) is 24.5 Å². The average Bonchev–Trinajstić information content (AvgIpc) is 2.90. The van der Waals surface area contributed by atoms with E-state index < -0.39 is 11.8 Å². The van der Waals surface area contributed by atoms with Crippen molar-refractivity contribution in [3.63, 3.8) is 0 Å². The molecule has 3 fully saturated rings. The van der Waals surface area contributed by atoms with Crippen LogP contribution in [-0.4, -0.2) is 11.7 Å². The maximum absolute atomic E-state index is 12.5. The lowest BCUT2D eigenvalue weighted by Crippen LogP contribution is -2.06. The van der Waals surface area contributed by atoms with Crippen LogP contribution in [0.2, 0.25) is 0 Å². The van der Waals surface area contributed by atoms with Crippen LogP contribution in [0, 0.1) is 17.3 Å². The number of hydrogen-bond acceptors (Lipinski definition) is 1. The van der Waals surface area contributed by atoms with Gasteiger partial charge in [-0.1, -0.05) is 0 Å². The number of ketones is 1. The lowest BCUT2D eigenvalue weighted by Gasteiger charge is -1.97.